The van der Waals surface area contributed by atoms with Crippen LogP contribution in [0.25, 0.3) is 0 Å². The summed E-state index contributed by atoms with van der Waals surface area (Å²) in [6.45, 7) is 3.32. The molecule has 16 heavy (non-hydrogen) atoms. The van der Waals surface area contributed by atoms with Crippen LogP contribution in [-0.2, 0) is 4.79 Å². The molecule has 0 radical (unpaired) electrons. The maximum Gasteiger partial charge on any atom is 0.339 e. The van der Waals surface area contributed by atoms with E-state index in [4.69, 9.17) is 14.6 Å². The minimum absolute atomic E-state index is 0.0515. The van der Waals surface area contributed by atoms with E-state index in [9.17, 15) is 9.59 Å². The van der Waals surface area contributed by atoms with Crippen LogP contribution in [0, 0.1) is 0 Å². The molecule has 0 aliphatic rings. The summed E-state index contributed by atoms with van der Waals surface area (Å²) in [6.07, 6.45) is 0. The SMILES string of the molecule is CCOc1cccc(C(=O)O)c1OC(C)=O. The summed E-state index contributed by atoms with van der Waals surface area (Å²) >= 11 is 0. The lowest BCUT2D eigenvalue weighted by Gasteiger charge is -2.11. The number of ether oxygens (including phenoxy) is 2. The molecule has 0 aliphatic heterocycles. The number of carboxylic acid groups (broad SMARTS) is 1. The highest BCUT2D eigenvalue weighted by atomic mass is 16.6. The predicted octanol–water partition coefficient (Wildman–Crippen LogP) is 1.71. The number of aromatic carboxylic acids is 1. The van der Waals surface area contributed by atoms with Crippen LogP contribution in [0.4, 0.5) is 0 Å². The summed E-state index contributed by atoms with van der Waals surface area (Å²) in [5.41, 5.74) is -0.0962. The summed E-state index contributed by atoms with van der Waals surface area (Å²) in [6, 6.07) is 4.43. The number of rotatable bonds is 4. The van der Waals surface area contributed by atoms with Gasteiger partial charge in [0.05, 0.1) is 6.61 Å². The third-order valence-corrected chi connectivity index (χ3v) is 1.75. The molecule has 1 rings (SSSR count). The molecule has 0 bridgehead atoms. The largest absolute Gasteiger partial charge is 0.490 e. The number of carbonyl (C=O) groups is 2. The second kappa shape index (κ2) is 5.16. The average molecular weight is 224 g/mol. The first-order valence-corrected chi connectivity index (χ1v) is 4.73. The second-order valence-corrected chi connectivity index (χ2v) is 2.96. The predicted molar refractivity (Wildman–Crippen MR) is 55.9 cm³/mol. The Kier molecular flexibility index (Phi) is 3.88. The van der Waals surface area contributed by atoms with Gasteiger partial charge in [-0.3, -0.25) is 4.79 Å². The van der Waals surface area contributed by atoms with E-state index < -0.39 is 11.9 Å². The Morgan fingerprint density at radius 2 is 2.06 bits per heavy atom. The van der Waals surface area contributed by atoms with Crippen molar-refractivity contribution in [2.75, 3.05) is 6.61 Å². The van der Waals surface area contributed by atoms with Gasteiger partial charge in [0, 0.05) is 6.92 Å². The zero-order chi connectivity index (χ0) is 12.1. The molecule has 0 spiro atoms. The first-order chi connectivity index (χ1) is 7.56. The van der Waals surface area contributed by atoms with Crippen molar-refractivity contribution in [3.63, 3.8) is 0 Å². The van der Waals surface area contributed by atoms with Gasteiger partial charge in [0.25, 0.3) is 0 Å². The molecule has 1 aromatic carbocycles. The minimum Gasteiger partial charge on any atom is -0.490 e. The van der Waals surface area contributed by atoms with Crippen molar-refractivity contribution >= 4 is 11.9 Å². The summed E-state index contributed by atoms with van der Waals surface area (Å²) < 4.78 is 10.0. The van der Waals surface area contributed by atoms with Crippen LogP contribution < -0.4 is 9.47 Å². The van der Waals surface area contributed by atoms with E-state index in [0.29, 0.717) is 6.61 Å². The van der Waals surface area contributed by atoms with Gasteiger partial charge < -0.3 is 14.6 Å². The molecule has 0 atom stereocenters. The molecule has 86 valence electrons. The molecule has 0 amide bonds. The Labute approximate surface area is 92.6 Å². The van der Waals surface area contributed by atoms with Crippen LogP contribution in [-0.4, -0.2) is 23.7 Å². The Hall–Kier alpha value is -2.04. The van der Waals surface area contributed by atoms with Gasteiger partial charge in [-0.05, 0) is 19.1 Å². The van der Waals surface area contributed by atoms with Crippen molar-refractivity contribution in [2.24, 2.45) is 0 Å². The molecule has 5 nitrogen and oxygen atoms in total. The van der Waals surface area contributed by atoms with Gasteiger partial charge in [-0.2, -0.15) is 0 Å². The number of carbonyl (C=O) groups excluding carboxylic acids is 1. The molecule has 0 heterocycles. The smallest absolute Gasteiger partial charge is 0.339 e. The van der Waals surface area contributed by atoms with E-state index in [0.717, 1.165) is 0 Å². The van der Waals surface area contributed by atoms with Crippen molar-refractivity contribution in [1.82, 2.24) is 0 Å². The highest BCUT2D eigenvalue weighted by Crippen LogP contribution is 2.31. The zero-order valence-corrected chi connectivity index (χ0v) is 9.02. The van der Waals surface area contributed by atoms with Crippen LogP contribution >= 0.6 is 0 Å². The Morgan fingerprint density at radius 3 is 2.56 bits per heavy atom. The fraction of sp³-hybridized carbons (Fsp3) is 0.273. The first-order valence-electron chi connectivity index (χ1n) is 4.73. The standard InChI is InChI=1S/C11H12O5/c1-3-15-9-6-4-5-8(11(13)14)10(9)16-7(2)12/h4-6H,3H2,1-2H3,(H,13,14). The number of esters is 1. The van der Waals surface area contributed by atoms with Gasteiger partial charge >= 0.3 is 11.9 Å². The van der Waals surface area contributed by atoms with Crippen molar-refractivity contribution in [3.8, 4) is 11.5 Å². The molecule has 0 saturated carbocycles. The van der Waals surface area contributed by atoms with E-state index in [2.05, 4.69) is 0 Å². The van der Waals surface area contributed by atoms with E-state index in [1.165, 1.54) is 19.1 Å². The van der Waals surface area contributed by atoms with Gasteiger partial charge in [-0.15, -0.1) is 0 Å². The topological polar surface area (TPSA) is 72.8 Å². The molecule has 0 fully saturated rings. The van der Waals surface area contributed by atoms with Crippen molar-refractivity contribution in [3.05, 3.63) is 23.8 Å². The van der Waals surface area contributed by atoms with E-state index >= 15 is 0 Å². The monoisotopic (exact) mass is 224 g/mol. The molecule has 0 saturated heterocycles. The molecule has 0 unspecified atom stereocenters. The molecule has 5 heteroatoms. The molecule has 1 aromatic rings. The number of para-hydroxylation sites is 1. The molecule has 0 aliphatic carbocycles. The number of hydrogen-bond acceptors (Lipinski definition) is 4. The van der Waals surface area contributed by atoms with Crippen LogP contribution in [0.2, 0.25) is 0 Å². The highest BCUT2D eigenvalue weighted by Gasteiger charge is 2.17. The van der Waals surface area contributed by atoms with Crippen molar-refractivity contribution < 1.29 is 24.2 Å². The fourth-order valence-electron chi connectivity index (χ4n) is 1.20. The molecular formula is C11H12O5. The maximum absolute atomic E-state index is 10.9. The normalized spacial score (nSPS) is 9.62. The minimum atomic E-state index is -1.17. The number of benzene rings is 1. The maximum atomic E-state index is 10.9. The summed E-state index contributed by atoms with van der Waals surface area (Å²) in [5, 5.41) is 8.92. The molecule has 1 N–H and O–H groups in total. The first kappa shape index (κ1) is 12.0. The summed E-state index contributed by atoms with van der Waals surface area (Å²) in [4.78, 5) is 21.8. The van der Waals surface area contributed by atoms with Gasteiger partial charge in [0.2, 0.25) is 0 Å². The zero-order valence-electron chi connectivity index (χ0n) is 9.02. The molecular weight excluding hydrogens is 212 g/mol. The van der Waals surface area contributed by atoms with E-state index in [1.54, 1.807) is 13.0 Å². The lowest BCUT2D eigenvalue weighted by atomic mass is 10.2. The fourth-order valence-corrected chi connectivity index (χ4v) is 1.20. The lowest BCUT2D eigenvalue weighted by Crippen LogP contribution is -2.09. The van der Waals surface area contributed by atoms with Crippen molar-refractivity contribution in [2.45, 2.75) is 13.8 Å². The summed E-state index contributed by atoms with van der Waals surface area (Å²) in [5.74, 6) is -1.56. The van der Waals surface area contributed by atoms with E-state index in [1.807, 2.05) is 0 Å². The van der Waals surface area contributed by atoms with Gasteiger partial charge in [-0.1, -0.05) is 6.07 Å². The molecule has 0 aromatic heterocycles. The second-order valence-electron chi connectivity index (χ2n) is 2.96. The quantitative estimate of drug-likeness (QED) is 0.622. The summed E-state index contributed by atoms with van der Waals surface area (Å²) in [7, 11) is 0. The third kappa shape index (κ3) is 2.73. The Bertz CT molecular complexity index is 411. The highest BCUT2D eigenvalue weighted by molar-refractivity contribution is 5.93. The van der Waals surface area contributed by atoms with Crippen LogP contribution in [0.5, 0.6) is 11.5 Å². The van der Waals surface area contributed by atoms with Gasteiger partial charge in [0.15, 0.2) is 11.5 Å². The van der Waals surface area contributed by atoms with E-state index in [-0.39, 0.29) is 17.1 Å². The number of hydrogen-bond donors (Lipinski definition) is 1. The van der Waals surface area contributed by atoms with Crippen LogP contribution in [0.3, 0.4) is 0 Å². The average Bonchev–Trinajstić information content (AvgIpc) is 2.19. The van der Waals surface area contributed by atoms with Gasteiger partial charge in [-0.25, -0.2) is 4.79 Å². The Morgan fingerprint density at radius 1 is 1.38 bits per heavy atom. The van der Waals surface area contributed by atoms with Crippen molar-refractivity contribution in [1.29, 1.82) is 0 Å². The van der Waals surface area contributed by atoms with Crippen LogP contribution in [0.15, 0.2) is 18.2 Å². The number of carboxylic acids is 1. The Balaban J connectivity index is 3.22. The lowest BCUT2D eigenvalue weighted by molar-refractivity contribution is -0.132. The van der Waals surface area contributed by atoms with Crippen LogP contribution in [0.1, 0.15) is 24.2 Å². The van der Waals surface area contributed by atoms with Gasteiger partial charge in [0.1, 0.15) is 5.56 Å². The third-order valence-electron chi connectivity index (χ3n) is 1.75.